The fraction of sp³-hybridized carbons (Fsp3) is 0.579. The summed E-state index contributed by atoms with van der Waals surface area (Å²) in [7, 11) is 1.28. The molecule has 0 saturated carbocycles. The van der Waals surface area contributed by atoms with Gasteiger partial charge in [0.2, 0.25) is 5.91 Å². The minimum atomic E-state index is -4.35. The van der Waals surface area contributed by atoms with E-state index in [4.69, 9.17) is 0 Å². The van der Waals surface area contributed by atoms with Crippen LogP contribution in [0.5, 0.6) is 0 Å². The number of piperidine rings is 1. The van der Waals surface area contributed by atoms with Gasteiger partial charge in [-0.15, -0.1) is 0 Å². The first-order chi connectivity index (χ1) is 12.3. The van der Waals surface area contributed by atoms with E-state index in [0.29, 0.717) is 31.5 Å². The SMILES string of the molecule is COC(=O)CCC(=O)N1CCC[C@H](CCc2ccccc2C(F)(F)F)C1. The molecule has 1 aliphatic rings. The first-order valence-electron chi connectivity index (χ1n) is 8.81. The Morgan fingerprint density at radius 1 is 1.23 bits per heavy atom. The van der Waals surface area contributed by atoms with Crippen LogP contribution in [0.25, 0.3) is 0 Å². The van der Waals surface area contributed by atoms with Crippen LogP contribution in [-0.4, -0.2) is 37.0 Å². The largest absolute Gasteiger partial charge is 0.469 e. The summed E-state index contributed by atoms with van der Waals surface area (Å²) < 4.78 is 43.7. The Morgan fingerprint density at radius 2 is 1.96 bits per heavy atom. The molecule has 0 aliphatic carbocycles. The van der Waals surface area contributed by atoms with E-state index in [0.717, 1.165) is 18.9 Å². The van der Waals surface area contributed by atoms with Gasteiger partial charge in [-0.3, -0.25) is 9.59 Å². The van der Waals surface area contributed by atoms with Crippen molar-refractivity contribution < 1.29 is 27.5 Å². The summed E-state index contributed by atoms with van der Waals surface area (Å²) in [6.07, 6.45) is -1.52. The number of esters is 1. The summed E-state index contributed by atoms with van der Waals surface area (Å²) in [5, 5.41) is 0. The predicted molar refractivity (Wildman–Crippen MR) is 90.3 cm³/mol. The Morgan fingerprint density at radius 3 is 2.65 bits per heavy atom. The highest BCUT2D eigenvalue weighted by Gasteiger charge is 2.33. The summed E-state index contributed by atoms with van der Waals surface area (Å²) in [6.45, 7) is 1.17. The molecule has 1 heterocycles. The monoisotopic (exact) mass is 371 g/mol. The van der Waals surface area contributed by atoms with Crippen LogP contribution in [0.2, 0.25) is 0 Å². The average Bonchev–Trinajstić information content (AvgIpc) is 2.63. The number of benzene rings is 1. The minimum absolute atomic E-state index is 0.0510. The molecule has 0 N–H and O–H groups in total. The molecule has 1 aromatic carbocycles. The van der Waals surface area contributed by atoms with E-state index < -0.39 is 17.7 Å². The molecule has 1 amide bonds. The lowest BCUT2D eigenvalue weighted by molar-refractivity contribution is -0.144. The van der Waals surface area contributed by atoms with Crippen LogP contribution >= 0.6 is 0 Å². The van der Waals surface area contributed by atoms with Crippen LogP contribution in [0.15, 0.2) is 24.3 Å². The fourth-order valence-electron chi connectivity index (χ4n) is 3.37. The second kappa shape index (κ2) is 9.05. The molecule has 144 valence electrons. The third-order valence-electron chi connectivity index (χ3n) is 4.79. The molecule has 0 bridgehead atoms. The molecule has 26 heavy (non-hydrogen) atoms. The minimum Gasteiger partial charge on any atom is -0.469 e. The fourth-order valence-corrected chi connectivity index (χ4v) is 3.37. The summed E-state index contributed by atoms with van der Waals surface area (Å²) in [5.41, 5.74) is -0.282. The first kappa shape index (κ1) is 20.3. The first-order valence-corrected chi connectivity index (χ1v) is 8.81. The second-order valence-corrected chi connectivity index (χ2v) is 6.62. The molecule has 0 spiro atoms. The molecule has 7 heteroatoms. The van der Waals surface area contributed by atoms with E-state index in [1.54, 1.807) is 11.0 Å². The van der Waals surface area contributed by atoms with Crippen LogP contribution in [0.1, 0.15) is 43.2 Å². The lowest BCUT2D eigenvalue weighted by atomic mass is 9.90. The molecule has 1 saturated heterocycles. The number of likely N-dealkylation sites (tertiary alicyclic amines) is 1. The third-order valence-corrected chi connectivity index (χ3v) is 4.79. The van der Waals surface area contributed by atoms with Gasteiger partial charge in [0, 0.05) is 19.5 Å². The van der Waals surface area contributed by atoms with Crippen molar-refractivity contribution in [2.75, 3.05) is 20.2 Å². The van der Waals surface area contributed by atoms with Crippen molar-refractivity contribution in [1.82, 2.24) is 4.90 Å². The van der Waals surface area contributed by atoms with Gasteiger partial charge < -0.3 is 9.64 Å². The molecule has 1 fully saturated rings. The van der Waals surface area contributed by atoms with Gasteiger partial charge in [0.25, 0.3) is 0 Å². The number of halogens is 3. The van der Waals surface area contributed by atoms with E-state index in [1.165, 1.54) is 19.2 Å². The number of carbonyl (C=O) groups is 2. The highest BCUT2D eigenvalue weighted by Crippen LogP contribution is 2.33. The number of alkyl halides is 3. The van der Waals surface area contributed by atoms with Crippen LogP contribution < -0.4 is 0 Å². The molecule has 1 atom stereocenters. The topological polar surface area (TPSA) is 46.6 Å². The Hall–Kier alpha value is -2.05. The number of aryl methyl sites for hydroxylation is 1. The molecule has 4 nitrogen and oxygen atoms in total. The lowest BCUT2D eigenvalue weighted by Crippen LogP contribution is -2.40. The summed E-state index contributed by atoms with van der Waals surface area (Å²) in [4.78, 5) is 25.1. The number of hydrogen-bond donors (Lipinski definition) is 0. The quantitative estimate of drug-likeness (QED) is 0.714. The van der Waals surface area contributed by atoms with Gasteiger partial charge >= 0.3 is 12.1 Å². The number of carbonyl (C=O) groups excluding carboxylic acids is 2. The van der Waals surface area contributed by atoms with Crippen LogP contribution in [0.3, 0.4) is 0 Å². The van der Waals surface area contributed by atoms with Crippen molar-refractivity contribution >= 4 is 11.9 Å². The number of methoxy groups -OCH3 is 1. The molecule has 1 aliphatic heterocycles. The predicted octanol–water partition coefficient (Wildman–Crippen LogP) is 3.83. The van der Waals surface area contributed by atoms with Crippen LogP contribution in [0.4, 0.5) is 13.2 Å². The van der Waals surface area contributed by atoms with E-state index >= 15 is 0 Å². The molecule has 1 aromatic rings. The zero-order valence-corrected chi connectivity index (χ0v) is 14.8. The smallest absolute Gasteiger partial charge is 0.416 e. The van der Waals surface area contributed by atoms with E-state index in [-0.39, 0.29) is 24.7 Å². The highest BCUT2D eigenvalue weighted by molar-refractivity contribution is 5.81. The van der Waals surface area contributed by atoms with Crippen molar-refractivity contribution in [1.29, 1.82) is 0 Å². The normalized spacial score (nSPS) is 17.8. The van der Waals surface area contributed by atoms with Gasteiger partial charge in [-0.2, -0.15) is 13.2 Å². The van der Waals surface area contributed by atoms with Crippen molar-refractivity contribution in [3.8, 4) is 0 Å². The van der Waals surface area contributed by atoms with Gasteiger partial charge in [-0.25, -0.2) is 0 Å². The van der Waals surface area contributed by atoms with Gasteiger partial charge in [0.15, 0.2) is 0 Å². The Balaban J connectivity index is 1.89. The number of amides is 1. The second-order valence-electron chi connectivity index (χ2n) is 6.62. The average molecular weight is 371 g/mol. The van der Waals surface area contributed by atoms with Crippen LogP contribution in [-0.2, 0) is 26.9 Å². The Kier molecular flexibility index (Phi) is 7.06. The highest BCUT2D eigenvalue weighted by atomic mass is 19.4. The standard InChI is InChI=1S/C19H24F3NO3/c1-26-18(25)11-10-17(24)23-12-4-5-14(13-23)8-9-15-6-2-3-7-16(15)19(20,21)22/h2-3,6-7,14H,4-5,8-13H2,1H3/t14-/m1/s1. The number of hydrogen-bond acceptors (Lipinski definition) is 3. The molecule has 2 rings (SSSR count). The molecule has 0 aromatic heterocycles. The summed E-state index contributed by atoms with van der Waals surface area (Å²) in [6, 6.07) is 5.65. The zero-order valence-electron chi connectivity index (χ0n) is 14.8. The molecule has 0 unspecified atom stereocenters. The zero-order chi connectivity index (χ0) is 19.2. The number of rotatable bonds is 6. The maximum Gasteiger partial charge on any atom is 0.416 e. The molecular weight excluding hydrogens is 347 g/mol. The van der Waals surface area contributed by atoms with E-state index in [1.807, 2.05) is 0 Å². The van der Waals surface area contributed by atoms with E-state index in [9.17, 15) is 22.8 Å². The summed E-state index contributed by atoms with van der Waals surface area (Å²) in [5.74, 6) is -0.349. The number of ether oxygens (including phenoxy) is 1. The van der Waals surface area contributed by atoms with Gasteiger partial charge in [0.05, 0.1) is 19.1 Å². The van der Waals surface area contributed by atoms with Crippen LogP contribution in [0, 0.1) is 5.92 Å². The maximum atomic E-state index is 13.1. The Bertz CT molecular complexity index is 631. The van der Waals surface area contributed by atoms with Gasteiger partial charge in [-0.1, -0.05) is 18.2 Å². The summed E-state index contributed by atoms with van der Waals surface area (Å²) >= 11 is 0. The van der Waals surface area contributed by atoms with Crippen molar-refractivity contribution in [3.05, 3.63) is 35.4 Å². The number of nitrogens with zero attached hydrogens (tertiary/aromatic N) is 1. The van der Waals surface area contributed by atoms with E-state index in [2.05, 4.69) is 4.74 Å². The molecular formula is C19H24F3NO3. The third kappa shape index (κ3) is 5.75. The molecule has 0 radical (unpaired) electrons. The van der Waals surface area contributed by atoms with Crippen molar-refractivity contribution in [3.63, 3.8) is 0 Å². The maximum absolute atomic E-state index is 13.1. The lowest BCUT2D eigenvalue weighted by Gasteiger charge is -2.33. The van der Waals surface area contributed by atoms with Crippen molar-refractivity contribution in [2.24, 2.45) is 5.92 Å². The van der Waals surface area contributed by atoms with Gasteiger partial charge in [0.1, 0.15) is 0 Å². The Labute approximate surface area is 151 Å². The van der Waals surface area contributed by atoms with Crippen molar-refractivity contribution in [2.45, 2.75) is 44.7 Å². The van der Waals surface area contributed by atoms with Gasteiger partial charge in [-0.05, 0) is 43.2 Å².